The van der Waals surface area contributed by atoms with Gasteiger partial charge < -0.3 is 4.57 Å². The Labute approximate surface area is 63.0 Å². The minimum absolute atomic E-state index is 0.979. The van der Waals surface area contributed by atoms with Gasteiger partial charge in [-0.1, -0.05) is 0 Å². The quantitative estimate of drug-likeness (QED) is 0.660. The van der Waals surface area contributed by atoms with Gasteiger partial charge in [-0.15, -0.1) is 0 Å². The lowest BCUT2D eigenvalue weighted by molar-refractivity contribution is 0.716. The molecular formula is C6H9BrN2. The van der Waals surface area contributed by atoms with Crippen LogP contribution in [0.3, 0.4) is 0 Å². The highest BCUT2D eigenvalue weighted by Gasteiger charge is 1.98. The number of aryl methyl sites for hydroxylation is 1. The van der Waals surface area contributed by atoms with Gasteiger partial charge >= 0.3 is 0 Å². The number of hydrogen-bond acceptors (Lipinski definition) is 1. The second-order valence-corrected chi connectivity index (χ2v) is 2.68. The number of rotatable bonds is 1. The van der Waals surface area contributed by atoms with Crippen LogP contribution in [0.15, 0.2) is 10.8 Å². The van der Waals surface area contributed by atoms with Crippen molar-refractivity contribution in [2.24, 2.45) is 0 Å². The van der Waals surface area contributed by atoms with Gasteiger partial charge in [0, 0.05) is 6.54 Å². The summed E-state index contributed by atoms with van der Waals surface area (Å²) in [6.07, 6.45) is 1.82. The van der Waals surface area contributed by atoms with E-state index in [1.54, 1.807) is 0 Å². The minimum Gasteiger partial charge on any atom is -0.323 e. The molecule has 9 heavy (non-hydrogen) atoms. The Hall–Kier alpha value is -0.310. The minimum atomic E-state index is 0.979. The van der Waals surface area contributed by atoms with E-state index in [1.807, 2.05) is 13.1 Å². The standard InChI is InChI=1S/C6H9BrN2/c1-3-9-5(2)8-4-6(9)7/h4H,3H2,1-2H3. The van der Waals surface area contributed by atoms with E-state index in [1.165, 1.54) is 0 Å². The van der Waals surface area contributed by atoms with Gasteiger partial charge in [0.1, 0.15) is 10.4 Å². The van der Waals surface area contributed by atoms with Crippen molar-refractivity contribution in [3.05, 3.63) is 16.6 Å². The smallest absolute Gasteiger partial charge is 0.106 e. The summed E-state index contributed by atoms with van der Waals surface area (Å²) in [6.45, 7) is 5.07. The molecule has 0 aliphatic heterocycles. The molecule has 0 aliphatic carbocycles. The van der Waals surface area contributed by atoms with Crippen LogP contribution in [-0.4, -0.2) is 9.55 Å². The van der Waals surface area contributed by atoms with Crippen molar-refractivity contribution in [2.45, 2.75) is 20.4 Å². The molecule has 1 heterocycles. The maximum absolute atomic E-state index is 4.10. The fraction of sp³-hybridized carbons (Fsp3) is 0.500. The molecule has 0 bridgehead atoms. The van der Waals surface area contributed by atoms with Crippen LogP contribution >= 0.6 is 15.9 Å². The molecule has 0 fully saturated rings. The number of nitrogens with zero attached hydrogens (tertiary/aromatic N) is 2. The van der Waals surface area contributed by atoms with E-state index in [-0.39, 0.29) is 0 Å². The predicted molar refractivity (Wildman–Crippen MR) is 40.3 cm³/mol. The zero-order chi connectivity index (χ0) is 6.85. The number of aromatic nitrogens is 2. The molecular weight excluding hydrogens is 180 g/mol. The van der Waals surface area contributed by atoms with Crippen molar-refractivity contribution < 1.29 is 0 Å². The van der Waals surface area contributed by atoms with Crippen LogP contribution in [0.2, 0.25) is 0 Å². The third-order valence-corrected chi connectivity index (χ3v) is 1.96. The first kappa shape index (κ1) is 6.81. The summed E-state index contributed by atoms with van der Waals surface area (Å²) in [6, 6.07) is 0. The van der Waals surface area contributed by atoms with E-state index in [2.05, 4.69) is 32.4 Å². The average molecular weight is 189 g/mol. The maximum atomic E-state index is 4.10. The Balaban J connectivity index is 3.07. The Morgan fingerprint density at radius 1 is 1.78 bits per heavy atom. The van der Waals surface area contributed by atoms with Crippen LogP contribution < -0.4 is 0 Å². The molecule has 0 aromatic carbocycles. The van der Waals surface area contributed by atoms with Gasteiger partial charge in [-0.05, 0) is 29.8 Å². The third-order valence-electron chi connectivity index (χ3n) is 1.32. The van der Waals surface area contributed by atoms with E-state index in [0.29, 0.717) is 0 Å². The normalized spacial score (nSPS) is 10.1. The van der Waals surface area contributed by atoms with Gasteiger partial charge in [0.15, 0.2) is 0 Å². The fourth-order valence-corrected chi connectivity index (χ4v) is 1.43. The number of hydrogen-bond donors (Lipinski definition) is 0. The Morgan fingerprint density at radius 2 is 2.44 bits per heavy atom. The van der Waals surface area contributed by atoms with Crippen LogP contribution in [0.5, 0.6) is 0 Å². The predicted octanol–water partition coefficient (Wildman–Crippen LogP) is 1.97. The van der Waals surface area contributed by atoms with Gasteiger partial charge in [0.05, 0.1) is 6.20 Å². The monoisotopic (exact) mass is 188 g/mol. The second-order valence-electron chi connectivity index (χ2n) is 1.87. The molecule has 0 spiro atoms. The van der Waals surface area contributed by atoms with Crippen LogP contribution in [0, 0.1) is 6.92 Å². The van der Waals surface area contributed by atoms with Crippen molar-refractivity contribution >= 4 is 15.9 Å². The summed E-state index contributed by atoms with van der Waals surface area (Å²) >= 11 is 3.38. The highest BCUT2D eigenvalue weighted by atomic mass is 79.9. The molecule has 3 heteroatoms. The van der Waals surface area contributed by atoms with Gasteiger partial charge in [-0.3, -0.25) is 0 Å². The molecule has 2 nitrogen and oxygen atoms in total. The third kappa shape index (κ3) is 1.15. The van der Waals surface area contributed by atoms with E-state index >= 15 is 0 Å². The molecule has 0 radical (unpaired) electrons. The second kappa shape index (κ2) is 2.52. The van der Waals surface area contributed by atoms with Crippen LogP contribution in [0.4, 0.5) is 0 Å². The molecule has 0 saturated heterocycles. The summed E-state index contributed by atoms with van der Waals surface area (Å²) in [5.74, 6) is 1.06. The Kier molecular flexibility index (Phi) is 1.90. The van der Waals surface area contributed by atoms with Gasteiger partial charge in [0.2, 0.25) is 0 Å². The highest BCUT2D eigenvalue weighted by molar-refractivity contribution is 9.10. The van der Waals surface area contributed by atoms with Gasteiger partial charge in [-0.25, -0.2) is 4.98 Å². The highest BCUT2D eigenvalue weighted by Crippen LogP contribution is 2.10. The Bertz CT molecular complexity index is 185. The fourth-order valence-electron chi connectivity index (χ4n) is 0.821. The van der Waals surface area contributed by atoms with E-state index < -0.39 is 0 Å². The van der Waals surface area contributed by atoms with Gasteiger partial charge in [0.25, 0.3) is 0 Å². The first-order valence-electron chi connectivity index (χ1n) is 2.93. The van der Waals surface area contributed by atoms with Crippen LogP contribution in [-0.2, 0) is 6.54 Å². The van der Waals surface area contributed by atoms with E-state index in [4.69, 9.17) is 0 Å². The zero-order valence-electron chi connectivity index (χ0n) is 5.56. The number of halogens is 1. The molecule has 0 unspecified atom stereocenters. The molecule has 0 saturated carbocycles. The zero-order valence-corrected chi connectivity index (χ0v) is 7.14. The molecule has 1 rings (SSSR count). The lowest BCUT2D eigenvalue weighted by atomic mass is 10.6. The van der Waals surface area contributed by atoms with E-state index in [9.17, 15) is 0 Å². The molecule has 1 aromatic rings. The largest absolute Gasteiger partial charge is 0.323 e. The van der Waals surface area contributed by atoms with Gasteiger partial charge in [-0.2, -0.15) is 0 Å². The lowest BCUT2D eigenvalue weighted by Crippen LogP contribution is -1.96. The molecule has 0 atom stereocenters. The first-order chi connectivity index (χ1) is 4.25. The van der Waals surface area contributed by atoms with Crippen molar-refractivity contribution in [3.63, 3.8) is 0 Å². The summed E-state index contributed by atoms with van der Waals surface area (Å²) in [5, 5.41) is 0. The molecule has 50 valence electrons. The summed E-state index contributed by atoms with van der Waals surface area (Å²) in [4.78, 5) is 4.10. The molecule has 1 aromatic heterocycles. The topological polar surface area (TPSA) is 17.8 Å². The summed E-state index contributed by atoms with van der Waals surface area (Å²) in [5.41, 5.74) is 0. The molecule has 0 aliphatic rings. The average Bonchev–Trinajstić information content (AvgIpc) is 2.12. The Morgan fingerprint density at radius 3 is 2.67 bits per heavy atom. The molecule has 0 amide bonds. The maximum Gasteiger partial charge on any atom is 0.106 e. The summed E-state index contributed by atoms with van der Waals surface area (Å²) < 4.78 is 3.16. The first-order valence-corrected chi connectivity index (χ1v) is 3.72. The molecule has 0 N–H and O–H groups in total. The van der Waals surface area contributed by atoms with Crippen LogP contribution in [0.25, 0.3) is 0 Å². The number of imidazole rings is 1. The van der Waals surface area contributed by atoms with Crippen molar-refractivity contribution in [1.82, 2.24) is 9.55 Å². The van der Waals surface area contributed by atoms with Crippen molar-refractivity contribution in [3.8, 4) is 0 Å². The van der Waals surface area contributed by atoms with Crippen molar-refractivity contribution in [1.29, 1.82) is 0 Å². The van der Waals surface area contributed by atoms with E-state index in [0.717, 1.165) is 17.0 Å². The van der Waals surface area contributed by atoms with Crippen molar-refractivity contribution in [2.75, 3.05) is 0 Å². The lowest BCUT2D eigenvalue weighted by Gasteiger charge is -1.99. The summed E-state index contributed by atoms with van der Waals surface area (Å²) in [7, 11) is 0. The SMILES string of the molecule is CCn1c(Br)cnc1C. The van der Waals surface area contributed by atoms with Crippen LogP contribution in [0.1, 0.15) is 12.7 Å².